The van der Waals surface area contributed by atoms with Crippen LogP contribution in [0.4, 0.5) is 82.9 Å². The molecule has 11 aromatic carbocycles. The summed E-state index contributed by atoms with van der Waals surface area (Å²) in [4.78, 5) is 130. The van der Waals surface area contributed by atoms with Gasteiger partial charge in [-0.15, -0.1) is 0 Å². The average molecular weight is 1690 g/mol. The zero-order valence-corrected chi connectivity index (χ0v) is 65.2. The number of fused-ring (bicyclic) bond motifs is 4. The van der Waals surface area contributed by atoms with Gasteiger partial charge < -0.3 is 10.6 Å². The molecular formula is C91H63F15N6O10. The Morgan fingerprint density at radius 1 is 0.287 bits per heavy atom. The van der Waals surface area contributed by atoms with E-state index in [1.165, 1.54) is 113 Å². The van der Waals surface area contributed by atoms with Gasteiger partial charge in [-0.25, -0.2) is 9.80 Å². The van der Waals surface area contributed by atoms with Crippen LogP contribution in [0.15, 0.2) is 206 Å². The van der Waals surface area contributed by atoms with Crippen molar-refractivity contribution in [2.24, 2.45) is 0 Å². The molecule has 31 heteroatoms. The third-order valence-electron chi connectivity index (χ3n) is 21.4. The molecule has 0 spiro atoms. The van der Waals surface area contributed by atoms with E-state index >= 15 is 0 Å². The van der Waals surface area contributed by atoms with Crippen molar-refractivity contribution in [3.8, 4) is 44.5 Å². The van der Waals surface area contributed by atoms with Gasteiger partial charge in [-0.05, 0) is 241 Å². The second-order valence-electron chi connectivity index (χ2n) is 29.3. The van der Waals surface area contributed by atoms with Gasteiger partial charge in [-0.3, -0.25) is 57.7 Å². The molecule has 122 heavy (non-hydrogen) atoms. The Balaban J connectivity index is 0.000000162. The summed E-state index contributed by atoms with van der Waals surface area (Å²) in [5, 5.41) is 5.23. The van der Waals surface area contributed by atoms with E-state index in [-0.39, 0.29) is 73.6 Å². The first-order valence-electron chi connectivity index (χ1n) is 36.7. The minimum atomic E-state index is -6.13. The van der Waals surface area contributed by atoms with Crippen molar-refractivity contribution in [2.75, 3.05) is 36.3 Å². The van der Waals surface area contributed by atoms with Crippen LogP contribution in [0.25, 0.3) is 44.5 Å². The lowest BCUT2D eigenvalue weighted by Crippen LogP contribution is -2.55. The number of halogens is 15. The maximum absolute atomic E-state index is 14.9. The number of hydrogen-bond donors (Lipinski definition) is 2. The van der Waals surface area contributed by atoms with E-state index in [4.69, 9.17) is 0 Å². The smallest absolute Gasteiger partial charge is 0.355 e. The molecule has 4 aliphatic rings. The Kier molecular flexibility index (Phi) is 21.9. The number of rotatable bonds is 11. The number of amides is 10. The monoisotopic (exact) mass is 1680 g/mol. The molecule has 0 bridgehead atoms. The van der Waals surface area contributed by atoms with Crippen LogP contribution in [0.3, 0.4) is 0 Å². The molecule has 4 heterocycles. The third-order valence-corrected chi connectivity index (χ3v) is 21.4. The topological polar surface area (TPSA) is 208 Å². The van der Waals surface area contributed by atoms with E-state index in [1.807, 2.05) is 0 Å². The highest BCUT2D eigenvalue weighted by atomic mass is 19.4. The fourth-order valence-electron chi connectivity index (χ4n) is 15.2. The first-order valence-corrected chi connectivity index (χ1v) is 36.7. The molecule has 0 radical (unpaired) electrons. The van der Waals surface area contributed by atoms with Crippen LogP contribution in [0, 0.1) is 41.5 Å². The fraction of sp³-hybridized carbons (Fsp3) is 0.165. The number of imide groups is 4. The van der Waals surface area contributed by atoms with Gasteiger partial charge in [-0.1, -0.05) is 95.6 Å². The van der Waals surface area contributed by atoms with Crippen LogP contribution in [-0.4, -0.2) is 102 Å². The summed E-state index contributed by atoms with van der Waals surface area (Å²) in [7, 11) is 3.93. The number of alkyl halides is 15. The Bertz CT molecular complexity index is 6330. The molecule has 0 fully saturated rings. The van der Waals surface area contributed by atoms with Crippen molar-refractivity contribution in [1.29, 1.82) is 0 Å². The van der Waals surface area contributed by atoms with Crippen LogP contribution in [-0.2, 0) is 23.9 Å². The van der Waals surface area contributed by atoms with Gasteiger partial charge in [0.15, 0.2) is 0 Å². The summed E-state index contributed by atoms with van der Waals surface area (Å²) in [5.74, 6) is -6.99. The Labute approximate surface area is 683 Å². The normalized spacial score (nSPS) is 14.0. The van der Waals surface area contributed by atoms with Gasteiger partial charge in [0.1, 0.15) is 0 Å². The lowest BCUT2D eigenvalue weighted by atomic mass is 9.71. The maximum Gasteiger partial charge on any atom is 0.417 e. The molecule has 4 aliphatic heterocycles. The SMILES string of the molecule is CNC(=O)c1ccc(C(=O)Nc2ccc(-c3ccc(C)cc3C(F)(F)F)c(C)c2)cc1.Cc1ccc(-c2ccc(N3C(=O)c4ccc(-c5ccc6c(c5)C(=O)N(C)C6=O)cc4C3=O)cc2C)c(C(F)(F)F)c1.Cc1ccc(-c2ccc(N3C(=O)c4ccc(C(c5ccc6c(c5)C(=O)N(C)C6=O)(C(F)(F)F)C(F)(F)F)cc4C3=O)cc2C)c(C(F)(F)F)c1. The van der Waals surface area contributed by atoms with Gasteiger partial charge in [-0.2, -0.15) is 65.9 Å². The highest BCUT2D eigenvalue weighted by Crippen LogP contribution is 2.58. The van der Waals surface area contributed by atoms with E-state index in [2.05, 4.69) is 10.6 Å². The van der Waals surface area contributed by atoms with Crippen LogP contribution >= 0.6 is 0 Å². The molecule has 0 aromatic heterocycles. The number of carbonyl (C=O) groups is 10. The Morgan fingerprint density at radius 3 is 0.918 bits per heavy atom. The molecule has 0 saturated heterocycles. The highest BCUT2D eigenvalue weighted by Gasteiger charge is 2.73. The van der Waals surface area contributed by atoms with Crippen LogP contribution < -0.4 is 20.4 Å². The van der Waals surface area contributed by atoms with Crippen LogP contribution in [0.5, 0.6) is 0 Å². The third kappa shape index (κ3) is 15.3. The standard InChI is InChI=1S/C35H21F9N2O4.C32H21F3N2O4.C24H21F3N2O2/c1-16-4-8-22(27(12-16)33(36,37)38)21-11-7-20(13-17(21)2)46-30(49)24-10-6-19(15-26(24)31(46)50)32(34(39,40)41,35(42,43)44)18-5-9-23-25(14-18)29(48)45(3)28(23)47;1-16-4-8-22(27(12-16)32(33,34)35)21-11-7-20(13-17(21)2)37-30(40)24-10-6-19(15-26(24)31(37)41)18-5-9-23-25(14-18)29(39)36(3)28(23)38;1-14-4-10-20(21(12-14)24(25,26)27)19-11-9-18(13-15(19)2)29-23(31)17-7-5-16(6-8-17)22(30)28-3/h4-15H,1-3H3;4-15H,1-3H3;4-13H,1-3H3,(H,28,30)(H,29,31). The van der Waals surface area contributed by atoms with Gasteiger partial charge in [0, 0.05) is 38.0 Å². The Hall–Kier alpha value is -14.1. The minimum Gasteiger partial charge on any atom is -0.355 e. The zero-order chi connectivity index (χ0) is 89.0. The summed E-state index contributed by atoms with van der Waals surface area (Å²) in [6.45, 7) is 9.42. The quantitative estimate of drug-likeness (QED) is 0.0925. The number of benzene rings is 11. The second-order valence-corrected chi connectivity index (χ2v) is 29.3. The van der Waals surface area contributed by atoms with Crippen molar-refractivity contribution >= 4 is 76.1 Å². The number of aryl methyl sites for hydroxylation is 6. The molecular weight excluding hydrogens is 1620 g/mol. The van der Waals surface area contributed by atoms with Crippen molar-refractivity contribution in [2.45, 2.75) is 77.8 Å². The lowest BCUT2D eigenvalue weighted by Gasteiger charge is -2.38. The van der Waals surface area contributed by atoms with Crippen molar-refractivity contribution in [1.82, 2.24) is 15.1 Å². The molecule has 0 aliphatic carbocycles. The van der Waals surface area contributed by atoms with Crippen molar-refractivity contribution in [3.63, 3.8) is 0 Å². The first-order chi connectivity index (χ1) is 57.1. The Morgan fingerprint density at radius 2 is 0.574 bits per heavy atom. The minimum absolute atomic E-state index is 0.0138. The second kappa shape index (κ2) is 31.2. The van der Waals surface area contributed by atoms with E-state index in [9.17, 15) is 114 Å². The number of anilines is 3. The molecule has 10 amide bonds. The predicted octanol–water partition coefficient (Wildman–Crippen LogP) is 20.7. The lowest BCUT2D eigenvalue weighted by molar-refractivity contribution is -0.288. The van der Waals surface area contributed by atoms with Gasteiger partial charge in [0.25, 0.3) is 59.1 Å². The number of hydrogen-bond acceptors (Lipinski definition) is 10. The number of nitrogens with one attached hydrogen (secondary N) is 2. The first kappa shape index (κ1) is 85.7. The predicted molar refractivity (Wildman–Crippen MR) is 420 cm³/mol. The zero-order valence-electron chi connectivity index (χ0n) is 65.2. The van der Waals surface area contributed by atoms with E-state index < -0.39 is 128 Å². The summed E-state index contributed by atoms with van der Waals surface area (Å²) in [6.07, 6.45) is -26.0. The molecule has 0 saturated carbocycles. The van der Waals surface area contributed by atoms with E-state index in [0.29, 0.717) is 119 Å². The number of nitrogens with zero attached hydrogens (tertiary/aromatic N) is 4. The van der Waals surface area contributed by atoms with Crippen molar-refractivity contribution in [3.05, 3.63) is 323 Å². The molecule has 2 N–H and O–H groups in total. The molecule has 0 unspecified atom stereocenters. The largest absolute Gasteiger partial charge is 0.417 e. The molecule has 11 aromatic rings. The number of carbonyl (C=O) groups excluding carboxylic acids is 10. The van der Waals surface area contributed by atoms with Gasteiger partial charge in [0.2, 0.25) is 5.41 Å². The van der Waals surface area contributed by atoms with E-state index in [1.54, 1.807) is 88.4 Å². The maximum atomic E-state index is 14.9. The molecule has 16 nitrogen and oxygen atoms in total. The van der Waals surface area contributed by atoms with Crippen LogP contribution in [0.1, 0.15) is 165 Å². The molecule has 15 rings (SSSR count). The average Bonchev–Trinajstić information content (AvgIpc) is 1.32. The van der Waals surface area contributed by atoms with Crippen molar-refractivity contribution < 1.29 is 114 Å². The highest BCUT2D eigenvalue weighted by molar-refractivity contribution is 6.36. The summed E-state index contributed by atoms with van der Waals surface area (Å²) < 4.78 is 213. The summed E-state index contributed by atoms with van der Waals surface area (Å²) in [6, 6.07) is 43.4. The van der Waals surface area contributed by atoms with Gasteiger partial charge in [0.05, 0.1) is 72.6 Å². The van der Waals surface area contributed by atoms with E-state index in [0.717, 1.165) is 41.1 Å². The summed E-state index contributed by atoms with van der Waals surface area (Å²) in [5.41, 5.74) is -5.79. The van der Waals surface area contributed by atoms with Crippen LogP contribution in [0.2, 0.25) is 0 Å². The fourth-order valence-corrected chi connectivity index (χ4v) is 15.2. The summed E-state index contributed by atoms with van der Waals surface area (Å²) >= 11 is 0. The molecule has 622 valence electrons. The molecule has 0 atom stereocenters. The van der Waals surface area contributed by atoms with Gasteiger partial charge >= 0.3 is 30.9 Å².